The Morgan fingerprint density at radius 3 is 2.37 bits per heavy atom. The molecule has 0 radical (unpaired) electrons. The van der Waals surface area contributed by atoms with Crippen LogP contribution in [0.5, 0.6) is 0 Å². The molecule has 6 nitrogen and oxygen atoms in total. The number of amides is 2. The maximum Gasteiger partial charge on any atom is 0.270 e. The fraction of sp³-hybridized carbons (Fsp3) is 0.630. The van der Waals surface area contributed by atoms with Gasteiger partial charge in [0.15, 0.2) is 0 Å². The number of rotatable bonds is 5. The van der Waals surface area contributed by atoms with Gasteiger partial charge in [0.05, 0.1) is 0 Å². The summed E-state index contributed by atoms with van der Waals surface area (Å²) in [6.07, 6.45) is 3.96. The first-order valence-electron chi connectivity index (χ1n) is 13.1. The number of alkyl halides is 2. The predicted octanol–water partition coefficient (Wildman–Crippen LogP) is 4.79. The van der Waals surface area contributed by atoms with E-state index in [4.69, 9.17) is 0 Å². The number of carbonyl (C=O) groups is 2. The van der Waals surface area contributed by atoms with Crippen LogP contribution in [0.25, 0.3) is 10.9 Å². The molecule has 35 heavy (non-hydrogen) atoms. The lowest BCUT2D eigenvalue weighted by Crippen LogP contribution is -2.43. The van der Waals surface area contributed by atoms with Gasteiger partial charge in [-0.15, -0.1) is 0 Å². The highest BCUT2D eigenvalue weighted by Crippen LogP contribution is 2.31. The molecule has 0 aliphatic carbocycles. The number of fused-ring (bicyclic) bond motifs is 1. The number of piperidine rings is 1. The number of halogens is 2. The largest absolute Gasteiger partial charge is 0.337 e. The molecule has 8 heteroatoms. The van der Waals surface area contributed by atoms with Crippen LogP contribution >= 0.6 is 0 Å². The Labute approximate surface area is 205 Å². The highest BCUT2D eigenvalue weighted by Gasteiger charge is 2.37. The SMILES string of the molecule is CC(C)n1c(C(=O)N2CCC(F)(F)CC2)cc2cc(C(=O)N3CCC[C@H]3CN3CCCC3)ccc21. The maximum atomic E-state index is 13.6. The van der Waals surface area contributed by atoms with Gasteiger partial charge in [-0.3, -0.25) is 9.59 Å². The van der Waals surface area contributed by atoms with Crippen LogP contribution in [0, 0.1) is 0 Å². The fourth-order valence-corrected chi connectivity index (χ4v) is 6.01. The van der Waals surface area contributed by atoms with Crippen molar-refractivity contribution in [2.45, 2.75) is 70.4 Å². The highest BCUT2D eigenvalue weighted by atomic mass is 19.3. The molecule has 0 spiro atoms. The molecule has 0 bridgehead atoms. The normalized spacial score (nSPS) is 23.1. The minimum atomic E-state index is -2.70. The van der Waals surface area contributed by atoms with E-state index >= 15 is 0 Å². The van der Waals surface area contributed by atoms with Crippen molar-refractivity contribution in [2.75, 3.05) is 39.3 Å². The molecule has 190 valence electrons. The molecule has 3 aliphatic rings. The van der Waals surface area contributed by atoms with Gasteiger partial charge in [0, 0.05) is 67.6 Å². The lowest BCUT2D eigenvalue weighted by Gasteiger charge is -2.32. The number of benzene rings is 1. The van der Waals surface area contributed by atoms with Gasteiger partial charge >= 0.3 is 0 Å². The molecular formula is C27H36F2N4O2. The van der Waals surface area contributed by atoms with Crippen LogP contribution < -0.4 is 0 Å². The maximum absolute atomic E-state index is 13.6. The van der Waals surface area contributed by atoms with Gasteiger partial charge in [-0.1, -0.05) is 0 Å². The van der Waals surface area contributed by atoms with Gasteiger partial charge in [0.2, 0.25) is 0 Å². The van der Waals surface area contributed by atoms with Crippen LogP contribution in [-0.2, 0) is 0 Å². The van der Waals surface area contributed by atoms with Crippen LogP contribution in [0.15, 0.2) is 24.3 Å². The summed E-state index contributed by atoms with van der Waals surface area (Å²) in [4.78, 5) is 32.8. The molecule has 0 saturated carbocycles. The van der Waals surface area contributed by atoms with Gasteiger partial charge < -0.3 is 19.3 Å². The Balaban J connectivity index is 1.39. The van der Waals surface area contributed by atoms with Crippen molar-refractivity contribution in [1.82, 2.24) is 19.3 Å². The lowest BCUT2D eigenvalue weighted by atomic mass is 10.1. The quantitative estimate of drug-likeness (QED) is 0.610. The zero-order valence-electron chi connectivity index (χ0n) is 20.8. The third-order valence-electron chi connectivity index (χ3n) is 7.91. The molecule has 0 unspecified atom stereocenters. The molecule has 4 heterocycles. The van der Waals surface area contributed by atoms with E-state index in [-0.39, 0.29) is 49.8 Å². The van der Waals surface area contributed by atoms with Gasteiger partial charge in [0.25, 0.3) is 17.7 Å². The summed E-state index contributed by atoms with van der Waals surface area (Å²) >= 11 is 0. The molecule has 3 fully saturated rings. The second-order valence-corrected chi connectivity index (χ2v) is 10.7. The monoisotopic (exact) mass is 486 g/mol. The number of hydrogen-bond acceptors (Lipinski definition) is 3. The zero-order valence-corrected chi connectivity index (χ0v) is 20.8. The van der Waals surface area contributed by atoms with E-state index in [1.165, 1.54) is 17.7 Å². The summed E-state index contributed by atoms with van der Waals surface area (Å²) in [7, 11) is 0. The smallest absolute Gasteiger partial charge is 0.270 e. The second-order valence-electron chi connectivity index (χ2n) is 10.7. The topological polar surface area (TPSA) is 48.8 Å². The summed E-state index contributed by atoms with van der Waals surface area (Å²) in [6, 6.07) is 7.78. The van der Waals surface area contributed by atoms with E-state index in [9.17, 15) is 18.4 Å². The number of carbonyl (C=O) groups excluding carboxylic acids is 2. The Morgan fingerprint density at radius 1 is 0.971 bits per heavy atom. The van der Waals surface area contributed by atoms with E-state index in [0.29, 0.717) is 11.3 Å². The van der Waals surface area contributed by atoms with E-state index < -0.39 is 5.92 Å². The number of aromatic nitrogens is 1. The van der Waals surface area contributed by atoms with Crippen molar-refractivity contribution in [2.24, 2.45) is 0 Å². The summed E-state index contributed by atoms with van der Waals surface area (Å²) in [5.41, 5.74) is 2.03. The van der Waals surface area contributed by atoms with E-state index in [1.807, 2.05) is 47.6 Å². The molecular weight excluding hydrogens is 450 g/mol. The zero-order chi connectivity index (χ0) is 24.7. The fourth-order valence-electron chi connectivity index (χ4n) is 6.01. The van der Waals surface area contributed by atoms with Gasteiger partial charge in [0.1, 0.15) is 5.69 Å². The van der Waals surface area contributed by atoms with Crippen molar-refractivity contribution in [3.05, 3.63) is 35.5 Å². The van der Waals surface area contributed by atoms with Crippen molar-refractivity contribution in [1.29, 1.82) is 0 Å². The first-order chi connectivity index (χ1) is 16.7. The molecule has 1 aromatic carbocycles. The average Bonchev–Trinajstić information content (AvgIpc) is 3.57. The van der Waals surface area contributed by atoms with Crippen LogP contribution in [0.4, 0.5) is 8.78 Å². The third-order valence-corrected chi connectivity index (χ3v) is 7.91. The van der Waals surface area contributed by atoms with Crippen molar-refractivity contribution in [3.63, 3.8) is 0 Å². The molecule has 5 rings (SSSR count). The van der Waals surface area contributed by atoms with E-state index in [1.54, 1.807) is 0 Å². The third kappa shape index (κ3) is 4.82. The molecule has 1 aromatic heterocycles. The second kappa shape index (κ2) is 9.52. The predicted molar refractivity (Wildman–Crippen MR) is 132 cm³/mol. The van der Waals surface area contributed by atoms with Gasteiger partial charge in [-0.25, -0.2) is 8.78 Å². The van der Waals surface area contributed by atoms with E-state index in [2.05, 4.69) is 4.90 Å². The number of nitrogens with zero attached hydrogens (tertiary/aromatic N) is 4. The lowest BCUT2D eigenvalue weighted by molar-refractivity contribution is -0.0495. The minimum Gasteiger partial charge on any atom is -0.337 e. The molecule has 2 amide bonds. The minimum absolute atomic E-state index is 0.0163. The highest BCUT2D eigenvalue weighted by molar-refractivity contribution is 6.02. The average molecular weight is 487 g/mol. The van der Waals surface area contributed by atoms with Crippen LogP contribution in [-0.4, -0.2) is 82.3 Å². The summed E-state index contributed by atoms with van der Waals surface area (Å²) < 4.78 is 29.2. The van der Waals surface area contributed by atoms with Crippen LogP contribution in [0.3, 0.4) is 0 Å². The molecule has 2 aromatic rings. The first-order valence-corrected chi connectivity index (χ1v) is 13.1. The summed E-state index contributed by atoms with van der Waals surface area (Å²) in [5.74, 6) is -2.86. The Bertz CT molecular complexity index is 1100. The summed E-state index contributed by atoms with van der Waals surface area (Å²) in [6.45, 7) is 8.11. The first kappa shape index (κ1) is 24.2. The molecule has 0 N–H and O–H groups in total. The number of likely N-dealkylation sites (tertiary alicyclic amines) is 3. The standard InChI is InChI=1S/C27H36F2N4O2/c1-19(2)33-23-8-7-20(25(34)32-13-5-6-22(32)18-30-11-3-4-12-30)16-21(23)17-24(33)26(35)31-14-9-27(28,29)10-15-31/h7-8,16-17,19,22H,3-6,9-15,18H2,1-2H3/t22-/m0/s1. The molecule has 1 atom stereocenters. The Hall–Kier alpha value is -2.48. The van der Waals surface area contributed by atoms with Crippen molar-refractivity contribution >= 4 is 22.7 Å². The van der Waals surface area contributed by atoms with Crippen molar-refractivity contribution in [3.8, 4) is 0 Å². The van der Waals surface area contributed by atoms with Crippen molar-refractivity contribution < 1.29 is 18.4 Å². The van der Waals surface area contributed by atoms with Gasteiger partial charge in [-0.05, 0) is 76.9 Å². The van der Waals surface area contributed by atoms with Gasteiger partial charge in [-0.2, -0.15) is 0 Å². The Kier molecular flexibility index (Phi) is 6.59. The molecule has 3 saturated heterocycles. The molecule has 3 aliphatic heterocycles. The van der Waals surface area contributed by atoms with E-state index in [0.717, 1.165) is 49.9 Å². The van der Waals surface area contributed by atoms with Crippen LogP contribution in [0.2, 0.25) is 0 Å². The number of hydrogen-bond donors (Lipinski definition) is 0. The Morgan fingerprint density at radius 2 is 1.69 bits per heavy atom. The summed E-state index contributed by atoms with van der Waals surface area (Å²) in [5, 5.41) is 0.838. The van der Waals surface area contributed by atoms with Crippen LogP contribution in [0.1, 0.15) is 79.3 Å².